The van der Waals surface area contributed by atoms with Crippen molar-refractivity contribution in [1.29, 1.82) is 0 Å². The molecule has 1 aromatic heterocycles. The second-order valence-corrected chi connectivity index (χ2v) is 5.60. The first kappa shape index (κ1) is 17.7. The largest absolute Gasteiger partial charge is 0.486 e. The highest BCUT2D eigenvalue weighted by Gasteiger charge is 2.12. The molecule has 0 spiro atoms. The Balaban J connectivity index is 1.59. The van der Waals surface area contributed by atoms with Gasteiger partial charge in [-0.05, 0) is 54.1 Å². The zero-order chi connectivity index (χ0) is 18.4. The number of methoxy groups -OCH3 is 1. The predicted octanol–water partition coefficient (Wildman–Crippen LogP) is 4.40. The SMILES string of the molecule is COCc1cccc(NC(=O)c2ccc(COc3ccc(F)cc3)o2)c1. The number of halogens is 1. The lowest BCUT2D eigenvalue weighted by Gasteiger charge is -2.06. The number of anilines is 1. The summed E-state index contributed by atoms with van der Waals surface area (Å²) in [6.07, 6.45) is 0. The van der Waals surface area contributed by atoms with Crippen molar-refractivity contribution < 1.29 is 23.1 Å². The van der Waals surface area contributed by atoms with E-state index in [-0.39, 0.29) is 24.1 Å². The van der Waals surface area contributed by atoms with E-state index in [0.29, 0.717) is 23.8 Å². The van der Waals surface area contributed by atoms with Gasteiger partial charge in [-0.2, -0.15) is 0 Å². The lowest BCUT2D eigenvalue weighted by Crippen LogP contribution is -2.11. The maximum atomic E-state index is 12.9. The third-order valence-corrected chi connectivity index (χ3v) is 3.58. The lowest BCUT2D eigenvalue weighted by atomic mass is 10.2. The molecular weight excluding hydrogens is 337 g/mol. The number of benzene rings is 2. The van der Waals surface area contributed by atoms with Crippen LogP contribution in [0.4, 0.5) is 10.1 Å². The number of furan rings is 1. The van der Waals surface area contributed by atoms with E-state index in [1.165, 1.54) is 24.3 Å². The Bertz CT molecular complexity index is 874. The van der Waals surface area contributed by atoms with Gasteiger partial charge in [-0.25, -0.2) is 4.39 Å². The highest BCUT2D eigenvalue weighted by molar-refractivity contribution is 6.02. The van der Waals surface area contributed by atoms with Gasteiger partial charge in [0.1, 0.15) is 23.9 Å². The Morgan fingerprint density at radius 2 is 1.88 bits per heavy atom. The molecule has 0 aliphatic heterocycles. The summed E-state index contributed by atoms with van der Waals surface area (Å²) >= 11 is 0. The highest BCUT2D eigenvalue weighted by Crippen LogP contribution is 2.17. The number of hydrogen-bond donors (Lipinski definition) is 1. The van der Waals surface area contributed by atoms with Crippen molar-refractivity contribution in [2.24, 2.45) is 0 Å². The van der Waals surface area contributed by atoms with Crippen molar-refractivity contribution in [2.75, 3.05) is 12.4 Å². The molecule has 134 valence electrons. The van der Waals surface area contributed by atoms with Crippen LogP contribution < -0.4 is 10.1 Å². The maximum Gasteiger partial charge on any atom is 0.291 e. The van der Waals surface area contributed by atoms with Crippen LogP contribution in [0, 0.1) is 5.82 Å². The Kier molecular flexibility index (Phi) is 5.66. The third-order valence-electron chi connectivity index (χ3n) is 3.58. The predicted molar refractivity (Wildman–Crippen MR) is 94.5 cm³/mol. The molecule has 0 fully saturated rings. The molecule has 0 unspecified atom stereocenters. The van der Waals surface area contributed by atoms with Gasteiger partial charge in [0.05, 0.1) is 6.61 Å². The summed E-state index contributed by atoms with van der Waals surface area (Å²) in [4.78, 5) is 12.3. The first-order chi connectivity index (χ1) is 12.6. The molecule has 6 heteroatoms. The number of hydrogen-bond acceptors (Lipinski definition) is 4. The number of carbonyl (C=O) groups is 1. The second kappa shape index (κ2) is 8.31. The van der Waals surface area contributed by atoms with Crippen molar-refractivity contribution in [2.45, 2.75) is 13.2 Å². The van der Waals surface area contributed by atoms with Crippen LogP contribution in [-0.4, -0.2) is 13.0 Å². The van der Waals surface area contributed by atoms with Gasteiger partial charge < -0.3 is 19.2 Å². The Hall–Kier alpha value is -3.12. The molecule has 0 radical (unpaired) electrons. The van der Waals surface area contributed by atoms with Crippen LogP contribution in [0.3, 0.4) is 0 Å². The van der Waals surface area contributed by atoms with E-state index in [1.807, 2.05) is 18.2 Å². The standard InChI is InChI=1S/C20H18FNO4/c1-24-12-14-3-2-4-16(11-14)22-20(23)19-10-9-18(26-19)13-25-17-7-5-15(21)6-8-17/h2-11H,12-13H2,1H3,(H,22,23). The summed E-state index contributed by atoms with van der Waals surface area (Å²) in [6.45, 7) is 0.609. The summed E-state index contributed by atoms with van der Waals surface area (Å²) in [5.41, 5.74) is 1.61. The lowest BCUT2D eigenvalue weighted by molar-refractivity contribution is 0.0992. The summed E-state index contributed by atoms with van der Waals surface area (Å²) in [6, 6.07) is 16.3. The normalized spacial score (nSPS) is 10.5. The summed E-state index contributed by atoms with van der Waals surface area (Å²) in [5, 5.41) is 2.78. The molecule has 0 bridgehead atoms. The number of rotatable bonds is 7. The molecule has 2 aromatic carbocycles. The summed E-state index contributed by atoms with van der Waals surface area (Å²) in [5.74, 6) is 0.507. The molecule has 3 rings (SSSR count). The number of amides is 1. The summed E-state index contributed by atoms with van der Waals surface area (Å²) < 4.78 is 28.9. The monoisotopic (exact) mass is 355 g/mol. The third kappa shape index (κ3) is 4.70. The maximum absolute atomic E-state index is 12.9. The average molecular weight is 355 g/mol. The van der Waals surface area contributed by atoms with Crippen molar-refractivity contribution >= 4 is 11.6 Å². The van der Waals surface area contributed by atoms with Gasteiger partial charge in [0.2, 0.25) is 0 Å². The van der Waals surface area contributed by atoms with Crippen LogP contribution in [0.15, 0.2) is 65.1 Å². The first-order valence-corrected chi connectivity index (χ1v) is 8.00. The Labute approximate surface area is 150 Å². The molecule has 0 aliphatic carbocycles. The van der Waals surface area contributed by atoms with Crippen molar-refractivity contribution in [3.05, 3.63) is 83.6 Å². The number of carbonyl (C=O) groups excluding carboxylic acids is 1. The van der Waals surface area contributed by atoms with Gasteiger partial charge in [0.25, 0.3) is 5.91 Å². The van der Waals surface area contributed by atoms with E-state index in [1.54, 1.807) is 25.3 Å². The quantitative estimate of drug-likeness (QED) is 0.682. The number of nitrogens with one attached hydrogen (secondary N) is 1. The van der Waals surface area contributed by atoms with Gasteiger partial charge in [-0.3, -0.25) is 4.79 Å². The molecule has 1 amide bonds. The van der Waals surface area contributed by atoms with E-state index < -0.39 is 0 Å². The first-order valence-electron chi connectivity index (χ1n) is 8.00. The Morgan fingerprint density at radius 1 is 1.08 bits per heavy atom. The van der Waals surface area contributed by atoms with E-state index in [4.69, 9.17) is 13.9 Å². The van der Waals surface area contributed by atoms with Gasteiger partial charge in [-0.1, -0.05) is 12.1 Å². The minimum atomic E-state index is -0.354. The second-order valence-electron chi connectivity index (χ2n) is 5.60. The molecule has 5 nitrogen and oxygen atoms in total. The van der Waals surface area contributed by atoms with Gasteiger partial charge in [0.15, 0.2) is 5.76 Å². The Morgan fingerprint density at radius 3 is 2.65 bits per heavy atom. The minimum Gasteiger partial charge on any atom is -0.486 e. The smallest absolute Gasteiger partial charge is 0.291 e. The average Bonchev–Trinajstić information content (AvgIpc) is 3.11. The molecule has 1 N–H and O–H groups in total. The van der Waals surface area contributed by atoms with E-state index in [0.717, 1.165) is 5.56 Å². The minimum absolute atomic E-state index is 0.141. The van der Waals surface area contributed by atoms with Crippen LogP contribution in [0.5, 0.6) is 5.75 Å². The van der Waals surface area contributed by atoms with Crippen molar-refractivity contribution in [3.63, 3.8) is 0 Å². The molecule has 0 aliphatic rings. The molecule has 26 heavy (non-hydrogen) atoms. The number of ether oxygens (including phenoxy) is 2. The van der Waals surface area contributed by atoms with Crippen LogP contribution in [0.1, 0.15) is 21.9 Å². The van der Waals surface area contributed by atoms with Crippen LogP contribution >= 0.6 is 0 Å². The van der Waals surface area contributed by atoms with Crippen LogP contribution in [0.25, 0.3) is 0 Å². The topological polar surface area (TPSA) is 60.7 Å². The van der Waals surface area contributed by atoms with Gasteiger partial charge >= 0.3 is 0 Å². The zero-order valence-electron chi connectivity index (χ0n) is 14.2. The van der Waals surface area contributed by atoms with Crippen molar-refractivity contribution in [1.82, 2.24) is 0 Å². The molecular formula is C20H18FNO4. The van der Waals surface area contributed by atoms with E-state index in [2.05, 4.69) is 5.32 Å². The van der Waals surface area contributed by atoms with E-state index >= 15 is 0 Å². The van der Waals surface area contributed by atoms with Gasteiger partial charge in [-0.15, -0.1) is 0 Å². The van der Waals surface area contributed by atoms with Crippen LogP contribution in [-0.2, 0) is 18.0 Å². The molecule has 3 aromatic rings. The molecule has 1 heterocycles. The fourth-order valence-electron chi connectivity index (χ4n) is 2.36. The molecule has 0 atom stereocenters. The fraction of sp³-hybridized carbons (Fsp3) is 0.150. The molecule has 0 saturated heterocycles. The highest BCUT2D eigenvalue weighted by atomic mass is 19.1. The van der Waals surface area contributed by atoms with E-state index in [9.17, 15) is 9.18 Å². The van der Waals surface area contributed by atoms with Crippen LogP contribution in [0.2, 0.25) is 0 Å². The zero-order valence-corrected chi connectivity index (χ0v) is 14.2. The molecule has 0 saturated carbocycles. The fourth-order valence-corrected chi connectivity index (χ4v) is 2.36. The summed E-state index contributed by atoms with van der Waals surface area (Å²) in [7, 11) is 1.61. The van der Waals surface area contributed by atoms with Gasteiger partial charge in [0, 0.05) is 12.8 Å². The van der Waals surface area contributed by atoms with Crippen molar-refractivity contribution in [3.8, 4) is 5.75 Å².